The molecule has 3 nitrogen and oxygen atoms in total. The number of aryl methyl sites for hydroxylation is 1. The van der Waals surface area contributed by atoms with Crippen molar-refractivity contribution in [3.05, 3.63) is 29.3 Å². The van der Waals surface area contributed by atoms with Gasteiger partial charge in [-0.1, -0.05) is 6.07 Å². The molecule has 3 heteroatoms. The Hall–Kier alpha value is -1.51. The zero-order valence-electron chi connectivity index (χ0n) is 10.8. The molecule has 0 heterocycles. The number of nitrogens with one attached hydrogen (secondary N) is 1. The van der Waals surface area contributed by atoms with Gasteiger partial charge >= 0.3 is 0 Å². The Morgan fingerprint density at radius 3 is 2.39 bits per heavy atom. The van der Waals surface area contributed by atoms with Crippen molar-refractivity contribution in [2.75, 3.05) is 5.73 Å². The predicted molar refractivity (Wildman–Crippen MR) is 72.3 cm³/mol. The number of carbonyl (C=O) groups excluding carboxylic acids is 1. The summed E-state index contributed by atoms with van der Waals surface area (Å²) in [6.45, 7) is 1.98. The van der Waals surface area contributed by atoms with Crippen molar-refractivity contribution in [2.24, 2.45) is 11.8 Å². The minimum atomic E-state index is -0.00343. The lowest BCUT2D eigenvalue weighted by molar-refractivity contribution is 0.0927. The molecule has 0 radical (unpaired) electrons. The fraction of sp³-hybridized carbons (Fsp3) is 0.533. The molecule has 0 saturated heterocycles. The van der Waals surface area contributed by atoms with Crippen LogP contribution in [-0.4, -0.2) is 11.9 Å². The van der Waals surface area contributed by atoms with Gasteiger partial charge in [0.25, 0.3) is 5.91 Å². The van der Waals surface area contributed by atoms with E-state index < -0.39 is 0 Å². The van der Waals surface area contributed by atoms with Gasteiger partial charge in [-0.3, -0.25) is 4.79 Å². The van der Waals surface area contributed by atoms with Gasteiger partial charge in [-0.25, -0.2) is 0 Å². The van der Waals surface area contributed by atoms with Gasteiger partial charge in [0.05, 0.1) is 5.56 Å². The van der Waals surface area contributed by atoms with Crippen molar-refractivity contribution in [3.8, 4) is 0 Å². The number of hydrogen-bond acceptors (Lipinski definition) is 2. The normalized spacial score (nSPS) is 19.0. The first kappa shape index (κ1) is 11.6. The average molecular weight is 244 g/mol. The summed E-state index contributed by atoms with van der Waals surface area (Å²) in [4.78, 5) is 12.3. The quantitative estimate of drug-likeness (QED) is 0.799. The van der Waals surface area contributed by atoms with E-state index in [0.29, 0.717) is 29.1 Å². The van der Waals surface area contributed by atoms with Gasteiger partial charge in [-0.15, -0.1) is 0 Å². The van der Waals surface area contributed by atoms with Gasteiger partial charge in [0.1, 0.15) is 0 Å². The third kappa shape index (κ3) is 2.35. The molecule has 0 atom stereocenters. The van der Waals surface area contributed by atoms with Crippen LogP contribution in [0.3, 0.4) is 0 Å². The maximum absolute atomic E-state index is 12.3. The van der Waals surface area contributed by atoms with E-state index in [0.717, 1.165) is 5.56 Å². The summed E-state index contributed by atoms with van der Waals surface area (Å²) in [6.07, 6.45) is 5.07. The summed E-state index contributed by atoms with van der Waals surface area (Å²) in [5.74, 6) is 1.43. The number of benzene rings is 1. The molecule has 3 rings (SSSR count). The van der Waals surface area contributed by atoms with Gasteiger partial charge < -0.3 is 11.1 Å². The summed E-state index contributed by atoms with van der Waals surface area (Å²) in [6, 6.07) is 6.02. The monoisotopic (exact) mass is 244 g/mol. The average Bonchev–Trinajstić information content (AvgIpc) is 3.17. The summed E-state index contributed by atoms with van der Waals surface area (Å²) in [5.41, 5.74) is 8.21. The summed E-state index contributed by atoms with van der Waals surface area (Å²) in [7, 11) is 0. The van der Waals surface area contributed by atoms with Crippen LogP contribution >= 0.6 is 0 Å². The van der Waals surface area contributed by atoms with E-state index in [-0.39, 0.29) is 5.91 Å². The van der Waals surface area contributed by atoms with Crippen LogP contribution in [0.4, 0.5) is 5.69 Å². The van der Waals surface area contributed by atoms with Crippen molar-refractivity contribution < 1.29 is 4.79 Å². The molecule has 2 fully saturated rings. The molecule has 1 amide bonds. The highest BCUT2D eigenvalue weighted by Gasteiger charge is 2.42. The highest BCUT2D eigenvalue weighted by Crippen LogP contribution is 2.44. The minimum absolute atomic E-state index is 0.00343. The number of amides is 1. The van der Waals surface area contributed by atoms with Crippen molar-refractivity contribution in [3.63, 3.8) is 0 Å². The number of rotatable bonds is 4. The molecule has 3 N–H and O–H groups in total. The maximum Gasteiger partial charge on any atom is 0.253 e. The zero-order chi connectivity index (χ0) is 12.7. The maximum atomic E-state index is 12.3. The lowest BCUT2D eigenvalue weighted by Gasteiger charge is -2.18. The predicted octanol–water partition coefficient (Wildman–Crippen LogP) is 2.50. The molecule has 2 saturated carbocycles. The van der Waals surface area contributed by atoms with E-state index in [2.05, 4.69) is 5.32 Å². The molecule has 96 valence electrons. The van der Waals surface area contributed by atoms with Crippen LogP contribution < -0.4 is 11.1 Å². The summed E-state index contributed by atoms with van der Waals surface area (Å²) in [5, 5.41) is 3.20. The third-order valence-corrected chi connectivity index (χ3v) is 4.01. The molecular weight excluding hydrogens is 224 g/mol. The topological polar surface area (TPSA) is 55.1 Å². The first-order chi connectivity index (χ1) is 8.65. The molecule has 0 aromatic heterocycles. The first-order valence-corrected chi connectivity index (χ1v) is 6.82. The fourth-order valence-corrected chi connectivity index (χ4v) is 2.65. The van der Waals surface area contributed by atoms with Crippen molar-refractivity contribution in [1.29, 1.82) is 0 Å². The Bertz CT molecular complexity index is 463. The van der Waals surface area contributed by atoms with E-state index in [1.807, 2.05) is 25.1 Å². The van der Waals surface area contributed by atoms with Gasteiger partial charge in [-0.2, -0.15) is 0 Å². The number of nitrogens with two attached hydrogens (primary N) is 1. The van der Waals surface area contributed by atoms with E-state index in [9.17, 15) is 4.79 Å². The van der Waals surface area contributed by atoms with E-state index in [1.165, 1.54) is 25.7 Å². The Morgan fingerprint density at radius 2 is 1.89 bits per heavy atom. The second-order valence-corrected chi connectivity index (χ2v) is 5.76. The number of anilines is 1. The molecule has 0 unspecified atom stereocenters. The smallest absolute Gasteiger partial charge is 0.253 e. The first-order valence-electron chi connectivity index (χ1n) is 6.82. The Kier molecular flexibility index (Phi) is 2.77. The van der Waals surface area contributed by atoms with Crippen molar-refractivity contribution >= 4 is 11.6 Å². The molecule has 18 heavy (non-hydrogen) atoms. The summed E-state index contributed by atoms with van der Waals surface area (Å²) < 4.78 is 0. The third-order valence-electron chi connectivity index (χ3n) is 4.01. The Balaban J connectivity index is 1.73. The van der Waals surface area contributed by atoms with Crippen molar-refractivity contribution in [1.82, 2.24) is 5.32 Å². The molecule has 0 spiro atoms. The standard InChI is InChI=1S/C15H20N2O/c1-9-2-7-12(13(16)8-9)15(18)17-14(10-3-4-10)11-5-6-11/h2,7-8,10-11,14H,3-6,16H2,1H3,(H,17,18). The molecule has 1 aromatic rings. The molecule has 1 aromatic carbocycles. The largest absolute Gasteiger partial charge is 0.398 e. The highest BCUT2D eigenvalue weighted by atomic mass is 16.1. The van der Waals surface area contributed by atoms with Gasteiger partial charge in [0.2, 0.25) is 0 Å². The Labute approximate surface area is 108 Å². The summed E-state index contributed by atoms with van der Waals surface area (Å²) >= 11 is 0. The Morgan fingerprint density at radius 1 is 1.28 bits per heavy atom. The zero-order valence-corrected chi connectivity index (χ0v) is 10.8. The van der Waals surface area contributed by atoms with E-state index in [1.54, 1.807) is 0 Å². The van der Waals surface area contributed by atoms with E-state index >= 15 is 0 Å². The number of hydrogen-bond donors (Lipinski definition) is 2. The second kappa shape index (κ2) is 4.30. The number of carbonyl (C=O) groups is 1. The van der Waals surface area contributed by atoms with Crippen LogP contribution in [0.1, 0.15) is 41.6 Å². The minimum Gasteiger partial charge on any atom is -0.398 e. The molecule has 0 bridgehead atoms. The van der Waals surface area contributed by atoms with E-state index in [4.69, 9.17) is 5.73 Å². The lowest BCUT2D eigenvalue weighted by Crippen LogP contribution is -2.38. The van der Waals surface area contributed by atoms with Crippen molar-refractivity contribution in [2.45, 2.75) is 38.6 Å². The van der Waals surface area contributed by atoms with Crippen LogP contribution in [-0.2, 0) is 0 Å². The highest BCUT2D eigenvalue weighted by molar-refractivity contribution is 5.99. The molecule has 2 aliphatic rings. The molecular formula is C15H20N2O. The van der Waals surface area contributed by atoms with Crippen LogP contribution in [0.2, 0.25) is 0 Å². The molecule has 0 aliphatic heterocycles. The van der Waals surface area contributed by atoms with Gasteiger partial charge in [0, 0.05) is 11.7 Å². The second-order valence-electron chi connectivity index (χ2n) is 5.76. The van der Waals surface area contributed by atoms with Gasteiger partial charge in [-0.05, 0) is 62.1 Å². The molecule has 2 aliphatic carbocycles. The van der Waals surface area contributed by atoms with Crippen LogP contribution in [0.25, 0.3) is 0 Å². The van der Waals surface area contributed by atoms with Gasteiger partial charge in [0.15, 0.2) is 0 Å². The van der Waals surface area contributed by atoms with Crippen LogP contribution in [0.15, 0.2) is 18.2 Å². The lowest BCUT2D eigenvalue weighted by atomic mass is 10.1. The SMILES string of the molecule is Cc1ccc(C(=O)NC(C2CC2)C2CC2)c(N)c1. The number of nitrogen functional groups attached to an aromatic ring is 1. The van der Waals surface area contributed by atoms with Crippen LogP contribution in [0, 0.1) is 18.8 Å². The fourth-order valence-electron chi connectivity index (χ4n) is 2.65. The van der Waals surface area contributed by atoms with Crippen LogP contribution in [0.5, 0.6) is 0 Å².